The quantitative estimate of drug-likeness (QED) is 0.120. The first-order valence-electron chi connectivity index (χ1n) is 37.9. The average Bonchev–Trinajstić information content (AvgIpc) is 1.18. The van der Waals surface area contributed by atoms with E-state index in [-0.39, 0.29) is 33.9 Å². The van der Waals surface area contributed by atoms with E-state index < -0.39 is 43.0 Å². The fourth-order valence-electron chi connectivity index (χ4n) is 16.0. The molecule has 0 saturated carbocycles. The van der Waals surface area contributed by atoms with E-state index in [2.05, 4.69) is 310 Å². The van der Waals surface area contributed by atoms with Crippen molar-refractivity contribution in [1.82, 2.24) is 13.7 Å². The van der Waals surface area contributed by atoms with Gasteiger partial charge in [0.1, 0.15) is 0 Å². The number of hydrogen-bond acceptors (Lipinski definition) is 2. The first kappa shape index (κ1) is 49.4. The number of nitrogens with zero attached hydrogens (tertiary/aromatic N) is 5. The maximum absolute atomic E-state index is 10.0. The highest BCUT2D eigenvalue weighted by molar-refractivity contribution is 7.00. The third-order valence-electron chi connectivity index (χ3n) is 20.3. The van der Waals surface area contributed by atoms with Gasteiger partial charge in [-0.1, -0.05) is 303 Å². The lowest BCUT2D eigenvalue weighted by Gasteiger charge is -2.44. The van der Waals surface area contributed by atoms with Gasteiger partial charge in [-0.25, -0.2) is 0 Å². The van der Waals surface area contributed by atoms with Crippen molar-refractivity contribution in [2.75, 3.05) is 9.80 Å². The molecule has 2 aliphatic heterocycles. The third kappa shape index (κ3) is 9.04. The number of fused-ring (bicyclic) bond motifs is 9. The predicted octanol–water partition coefficient (Wildman–Crippen LogP) is 22.8. The van der Waals surface area contributed by atoms with E-state index in [4.69, 9.17) is 0 Å². The summed E-state index contributed by atoms with van der Waals surface area (Å²) < 4.78 is 83.1. The molecular formula is C94H62BN5. The topological polar surface area (TPSA) is 21.3 Å². The molecule has 0 atom stereocenters. The molecule has 5 nitrogen and oxygen atoms in total. The number of aromatic nitrogens is 3. The highest BCUT2D eigenvalue weighted by atomic mass is 15.2. The lowest BCUT2D eigenvalue weighted by atomic mass is 9.33. The van der Waals surface area contributed by atoms with E-state index in [1.54, 1.807) is 4.57 Å². The van der Waals surface area contributed by atoms with E-state index in [1.807, 2.05) is 36.4 Å². The Morgan fingerprint density at radius 3 is 0.840 bits per heavy atom. The molecule has 0 saturated heterocycles. The van der Waals surface area contributed by atoms with E-state index >= 15 is 0 Å². The molecule has 15 aromatic carbocycles. The Morgan fingerprint density at radius 1 is 0.220 bits per heavy atom. The fourth-order valence-corrected chi connectivity index (χ4v) is 16.0. The molecule has 0 amide bonds. The van der Waals surface area contributed by atoms with Crippen LogP contribution in [0.1, 0.15) is 11.0 Å². The molecule has 0 unspecified atom stereocenters. The van der Waals surface area contributed by atoms with Gasteiger partial charge in [0.25, 0.3) is 6.71 Å². The first-order chi connectivity index (χ1) is 53.0. The predicted molar refractivity (Wildman–Crippen MR) is 421 cm³/mol. The zero-order valence-electron chi connectivity index (χ0n) is 62.0. The van der Waals surface area contributed by atoms with E-state index in [1.165, 1.54) is 0 Å². The van der Waals surface area contributed by atoms with Gasteiger partial charge in [-0.15, -0.1) is 0 Å². The van der Waals surface area contributed by atoms with Gasteiger partial charge in [0.15, 0.2) is 0 Å². The van der Waals surface area contributed by atoms with Crippen LogP contribution < -0.4 is 26.2 Å². The van der Waals surface area contributed by atoms with E-state index in [0.717, 1.165) is 151 Å². The van der Waals surface area contributed by atoms with Crippen molar-refractivity contribution < 1.29 is 11.0 Å². The van der Waals surface area contributed by atoms with Gasteiger partial charge in [-0.05, 0) is 134 Å². The van der Waals surface area contributed by atoms with Crippen LogP contribution in [-0.4, -0.2) is 20.4 Å². The first-order valence-corrected chi connectivity index (χ1v) is 33.9. The van der Waals surface area contributed by atoms with Crippen molar-refractivity contribution in [2.45, 2.75) is 0 Å². The second-order valence-corrected chi connectivity index (χ2v) is 25.7. The Morgan fingerprint density at radius 2 is 0.500 bits per heavy atom. The summed E-state index contributed by atoms with van der Waals surface area (Å²) in [5, 5.41) is 4.33. The highest BCUT2D eigenvalue weighted by Gasteiger charge is 2.45. The largest absolute Gasteiger partial charge is 0.311 e. The molecule has 0 spiro atoms. The van der Waals surface area contributed by atoms with Crippen molar-refractivity contribution in [3.63, 3.8) is 0 Å². The van der Waals surface area contributed by atoms with Crippen LogP contribution in [0.2, 0.25) is 0 Å². The summed E-state index contributed by atoms with van der Waals surface area (Å²) >= 11 is 0. The van der Waals surface area contributed by atoms with Crippen molar-refractivity contribution >= 4 is 101 Å². The molecule has 18 aromatic rings. The third-order valence-corrected chi connectivity index (χ3v) is 20.3. The van der Waals surface area contributed by atoms with Crippen LogP contribution in [-0.2, 0) is 0 Å². The van der Waals surface area contributed by atoms with Crippen LogP contribution in [0.4, 0.5) is 34.1 Å². The van der Waals surface area contributed by atoms with E-state index in [0.29, 0.717) is 5.69 Å². The van der Waals surface area contributed by atoms with Gasteiger partial charge in [-0.2, -0.15) is 0 Å². The summed E-state index contributed by atoms with van der Waals surface area (Å²) in [6.07, 6.45) is 0. The number of benzene rings is 15. The molecular weight excluding hydrogens is 1210 g/mol. The number of hydrogen-bond donors (Lipinski definition) is 0. The lowest BCUT2D eigenvalue weighted by Crippen LogP contribution is -2.61. The number of para-hydroxylation sites is 2. The van der Waals surface area contributed by atoms with Crippen LogP contribution in [0.15, 0.2) is 376 Å². The van der Waals surface area contributed by atoms with Crippen molar-refractivity contribution in [3.05, 3.63) is 376 Å². The summed E-state index contributed by atoms with van der Waals surface area (Å²) in [7, 11) is 0. The molecule has 0 N–H and O–H groups in total. The Bertz CT molecular complexity index is 6140. The molecule has 466 valence electrons. The zero-order chi connectivity index (χ0) is 72.7. The van der Waals surface area contributed by atoms with Crippen LogP contribution in [0.25, 0.3) is 128 Å². The highest BCUT2D eigenvalue weighted by Crippen LogP contribution is 2.51. The van der Waals surface area contributed by atoms with Crippen molar-refractivity contribution in [3.8, 4) is 84.3 Å². The van der Waals surface area contributed by atoms with Gasteiger partial charge < -0.3 is 23.5 Å². The molecule has 0 bridgehead atoms. The molecule has 20 rings (SSSR count). The fraction of sp³-hybridized carbons (Fsp3) is 0. The standard InChI is InChI=1S/C94H62BN5/c1-7-27-63(28-8-1)65-47-51-71(52-48-65)96-86-59-73(99-91(67-31-11-3-12-32-67)78-41-19-20-42-79(78)92(99)68-33-13-4-14-34-68)55-57-82(86)95-83-58-56-74(100-93(69-35-15-5-16-36-69)80-43-21-22-44-81(80)94(100)70-37-17-6-18-38-70)60-87(83)97(72-53-49-66(50-54-72)64-29-9-2-10-30-64)89-62-75(61-88(96)90(89)95)98-84-45-25-23-39-76(84)77-40-24-26-46-85(77)98/h1-62H/i23D,24D,25D,26D,39D,40D,45D,46D. The molecule has 6 heteroatoms. The Labute approximate surface area is 592 Å². The van der Waals surface area contributed by atoms with Gasteiger partial charge in [0.2, 0.25) is 0 Å². The monoisotopic (exact) mass is 1280 g/mol. The maximum atomic E-state index is 10.0. The number of anilines is 6. The Balaban J connectivity index is 0.954. The second kappa shape index (κ2) is 23.3. The number of rotatable bonds is 11. The van der Waals surface area contributed by atoms with Crippen LogP contribution in [0.3, 0.4) is 0 Å². The van der Waals surface area contributed by atoms with Crippen molar-refractivity contribution in [2.24, 2.45) is 0 Å². The summed E-state index contributed by atoms with van der Waals surface area (Å²) in [6, 6.07) is 112. The molecule has 0 fully saturated rings. The summed E-state index contributed by atoms with van der Waals surface area (Å²) in [5.41, 5.74) is 22.5. The SMILES string of the molecule is [2H]c1c([2H])c([2H])c2c(c1[2H])c1c([2H])c([2H])c([2H])c([2H])c1n2-c1cc2c3c(c1)N(c1ccc(-c4ccccc4)cc1)c1cc(-n4c(-c5ccccc5)c5ccccc5c4-c4ccccc4)ccc1B3c1ccc(-n3c(-c4ccccc4)c4ccccc4c3-c3ccccc3)cc1N2c1ccc(-c2ccccc2)cc1. The van der Waals surface area contributed by atoms with E-state index in [9.17, 15) is 11.0 Å². The summed E-state index contributed by atoms with van der Waals surface area (Å²) in [4.78, 5) is 4.66. The van der Waals surface area contributed by atoms with Crippen LogP contribution in [0.5, 0.6) is 0 Å². The zero-order valence-corrected chi connectivity index (χ0v) is 54.0. The minimum absolute atomic E-state index is 0.0102. The van der Waals surface area contributed by atoms with Gasteiger partial charge in [-0.3, -0.25) is 0 Å². The lowest BCUT2D eigenvalue weighted by molar-refractivity contribution is 1.09. The molecule has 3 aromatic heterocycles. The minimum Gasteiger partial charge on any atom is -0.311 e. The van der Waals surface area contributed by atoms with Gasteiger partial charge in [0, 0.05) is 77.8 Å². The summed E-state index contributed by atoms with van der Waals surface area (Å²) in [5.74, 6) is 0. The smallest absolute Gasteiger partial charge is 0.252 e. The molecule has 100 heavy (non-hydrogen) atoms. The minimum atomic E-state index is -0.514. The molecule has 0 aliphatic carbocycles. The molecule has 5 heterocycles. The Hall–Kier alpha value is -13.2. The van der Waals surface area contributed by atoms with Crippen molar-refractivity contribution in [1.29, 1.82) is 0 Å². The maximum Gasteiger partial charge on any atom is 0.252 e. The normalized spacial score (nSPS) is 13.5. The summed E-state index contributed by atoms with van der Waals surface area (Å²) in [6.45, 7) is -0.499. The van der Waals surface area contributed by atoms with Crippen LogP contribution in [0, 0.1) is 0 Å². The van der Waals surface area contributed by atoms with Crippen LogP contribution >= 0.6 is 0 Å². The molecule has 0 radical (unpaired) electrons. The Kier molecular flexibility index (Phi) is 11.5. The second-order valence-electron chi connectivity index (χ2n) is 25.7. The molecule has 2 aliphatic rings. The van der Waals surface area contributed by atoms with Gasteiger partial charge in [0.05, 0.1) is 50.5 Å². The average molecular weight is 1280 g/mol. The van der Waals surface area contributed by atoms with Gasteiger partial charge >= 0.3 is 0 Å².